The molecule has 0 bridgehead atoms. The van der Waals surface area contributed by atoms with Crippen LogP contribution in [-0.4, -0.2) is 19.2 Å². The van der Waals surface area contributed by atoms with Crippen LogP contribution < -0.4 is 5.73 Å². The molecule has 92 valence electrons. The Morgan fingerprint density at radius 3 is 2.44 bits per heavy atom. The first-order valence-electron chi connectivity index (χ1n) is 5.78. The van der Waals surface area contributed by atoms with Crippen molar-refractivity contribution < 1.29 is 4.79 Å². The van der Waals surface area contributed by atoms with E-state index in [1.165, 1.54) is 6.34 Å². The Labute approximate surface area is 99.1 Å². The number of nitrogens with zero attached hydrogens (tertiary/aromatic N) is 1. The van der Waals surface area contributed by atoms with Crippen LogP contribution in [0.1, 0.15) is 34.1 Å². The zero-order valence-electron chi connectivity index (χ0n) is 10.8. The third-order valence-electron chi connectivity index (χ3n) is 1.72. The molecule has 0 aromatic rings. The van der Waals surface area contributed by atoms with Gasteiger partial charge in [0.1, 0.15) is 6.29 Å². The van der Waals surface area contributed by atoms with Crippen molar-refractivity contribution >= 4 is 12.6 Å². The second-order valence-corrected chi connectivity index (χ2v) is 3.05. The number of hydrogen-bond donors (Lipinski definition) is 1. The maximum absolute atomic E-state index is 10.2. The number of allylic oxidation sites excluding steroid dienone is 4. The maximum Gasteiger partial charge on any atom is 0.149 e. The lowest BCUT2D eigenvalue weighted by atomic mass is 9.99. The quantitative estimate of drug-likeness (QED) is 0.445. The van der Waals surface area contributed by atoms with Crippen molar-refractivity contribution in [3.8, 4) is 0 Å². The number of hydrogen-bond acceptors (Lipinski definition) is 2. The van der Waals surface area contributed by atoms with Gasteiger partial charge in [-0.05, 0) is 19.3 Å². The highest BCUT2D eigenvalue weighted by molar-refractivity contribution is 5.77. The summed E-state index contributed by atoms with van der Waals surface area (Å²) in [6, 6.07) is 0. The fourth-order valence-electron chi connectivity index (χ4n) is 1.05. The Balaban J connectivity index is 0. The smallest absolute Gasteiger partial charge is 0.149 e. The number of aldehydes is 1. The minimum atomic E-state index is 0.537. The summed E-state index contributed by atoms with van der Waals surface area (Å²) in [6.45, 7) is 8.83. The van der Waals surface area contributed by atoms with Crippen LogP contribution in [0.2, 0.25) is 0 Å². The van der Waals surface area contributed by atoms with Crippen LogP contribution in [0.5, 0.6) is 0 Å². The van der Waals surface area contributed by atoms with E-state index in [2.05, 4.69) is 11.9 Å². The van der Waals surface area contributed by atoms with Crippen molar-refractivity contribution in [2.45, 2.75) is 34.1 Å². The molecular formula is C13H24N2O. The Morgan fingerprint density at radius 1 is 1.56 bits per heavy atom. The van der Waals surface area contributed by atoms with Gasteiger partial charge >= 0.3 is 0 Å². The minimum absolute atomic E-state index is 0.537. The molecule has 1 unspecified atom stereocenters. The maximum atomic E-state index is 10.2. The van der Waals surface area contributed by atoms with E-state index in [0.29, 0.717) is 5.92 Å². The second kappa shape index (κ2) is 13.6. The van der Waals surface area contributed by atoms with E-state index in [0.717, 1.165) is 24.8 Å². The standard InChI is InChI=1S/C8H10O.C3H8N2.C2H6/c1-7-3-2-4-8(5-7)6-9;1-2-5-3-4;1-2/h2,4-7H,3H2,1H3;3H,2H2,1H3,(H2,4,5);1-2H3. The topological polar surface area (TPSA) is 55.5 Å². The van der Waals surface area contributed by atoms with Crippen LogP contribution in [0.25, 0.3) is 0 Å². The van der Waals surface area contributed by atoms with Crippen LogP contribution in [0.4, 0.5) is 0 Å². The lowest BCUT2D eigenvalue weighted by Crippen LogP contribution is -1.95. The van der Waals surface area contributed by atoms with Gasteiger partial charge in [0, 0.05) is 12.1 Å². The summed E-state index contributed by atoms with van der Waals surface area (Å²) in [7, 11) is 0. The molecule has 0 aromatic heterocycles. The van der Waals surface area contributed by atoms with Gasteiger partial charge in [0.05, 0.1) is 6.34 Å². The van der Waals surface area contributed by atoms with Crippen LogP contribution in [-0.2, 0) is 4.79 Å². The van der Waals surface area contributed by atoms with E-state index in [4.69, 9.17) is 5.73 Å². The van der Waals surface area contributed by atoms with E-state index in [1.807, 2.05) is 39.0 Å². The molecule has 0 saturated heterocycles. The molecule has 1 aliphatic carbocycles. The van der Waals surface area contributed by atoms with Gasteiger partial charge in [-0.2, -0.15) is 0 Å². The zero-order chi connectivity index (χ0) is 12.8. The number of rotatable bonds is 2. The number of aliphatic imine (C=N–C) groups is 1. The highest BCUT2D eigenvalue weighted by Gasteiger charge is 2.01. The normalized spacial score (nSPS) is 17.8. The fourth-order valence-corrected chi connectivity index (χ4v) is 1.05. The van der Waals surface area contributed by atoms with Gasteiger partial charge in [-0.25, -0.2) is 0 Å². The molecule has 0 saturated carbocycles. The third-order valence-corrected chi connectivity index (χ3v) is 1.72. The molecular weight excluding hydrogens is 200 g/mol. The Kier molecular flexibility index (Phi) is 14.5. The molecule has 1 atom stereocenters. The fraction of sp³-hybridized carbons (Fsp3) is 0.538. The molecule has 0 amide bonds. The molecule has 0 radical (unpaired) electrons. The van der Waals surface area contributed by atoms with E-state index in [-0.39, 0.29) is 0 Å². The first-order valence-corrected chi connectivity index (χ1v) is 5.78. The van der Waals surface area contributed by atoms with E-state index < -0.39 is 0 Å². The average molecular weight is 224 g/mol. The van der Waals surface area contributed by atoms with Crippen molar-refractivity contribution in [2.24, 2.45) is 16.6 Å². The number of nitrogens with two attached hydrogens (primary N) is 1. The highest BCUT2D eigenvalue weighted by Crippen LogP contribution is 2.13. The SMILES string of the molecule is CC.CC1C=C(C=O)C=CC1.CCN=CN. The molecule has 2 N–H and O–H groups in total. The number of carbonyl (C=O) groups is 1. The van der Waals surface area contributed by atoms with Gasteiger partial charge in [-0.1, -0.05) is 39.0 Å². The van der Waals surface area contributed by atoms with Crippen molar-refractivity contribution in [2.75, 3.05) is 6.54 Å². The molecule has 0 aromatic carbocycles. The first kappa shape index (κ1) is 17.0. The molecule has 0 heterocycles. The molecule has 3 nitrogen and oxygen atoms in total. The van der Waals surface area contributed by atoms with Gasteiger partial charge in [-0.3, -0.25) is 9.79 Å². The van der Waals surface area contributed by atoms with Gasteiger partial charge in [0.15, 0.2) is 0 Å². The number of carbonyl (C=O) groups excluding carboxylic acids is 1. The van der Waals surface area contributed by atoms with Crippen molar-refractivity contribution in [3.05, 3.63) is 23.8 Å². The summed E-state index contributed by atoms with van der Waals surface area (Å²) < 4.78 is 0. The monoisotopic (exact) mass is 224 g/mol. The Morgan fingerprint density at radius 2 is 2.19 bits per heavy atom. The van der Waals surface area contributed by atoms with Crippen molar-refractivity contribution in [1.82, 2.24) is 0 Å². The van der Waals surface area contributed by atoms with E-state index in [1.54, 1.807) is 0 Å². The van der Waals surface area contributed by atoms with E-state index in [9.17, 15) is 4.79 Å². The van der Waals surface area contributed by atoms with Crippen LogP contribution >= 0.6 is 0 Å². The second-order valence-electron chi connectivity index (χ2n) is 3.05. The summed E-state index contributed by atoms with van der Waals surface area (Å²) in [5, 5.41) is 0. The van der Waals surface area contributed by atoms with E-state index >= 15 is 0 Å². The molecule has 1 aliphatic rings. The van der Waals surface area contributed by atoms with Gasteiger partial charge in [-0.15, -0.1) is 0 Å². The summed E-state index contributed by atoms with van der Waals surface area (Å²) in [4.78, 5) is 13.8. The largest absolute Gasteiger partial charge is 0.390 e. The molecule has 0 spiro atoms. The average Bonchev–Trinajstić information content (AvgIpc) is 2.33. The molecule has 0 aliphatic heterocycles. The van der Waals surface area contributed by atoms with Crippen molar-refractivity contribution in [1.29, 1.82) is 0 Å². The highest BCUT2D eigenvalue weighted by atomic mass is 16.1. The van der Waals surface area contributed by atoms with Crippen LogP contribution in [0.3, 0.4) is 0 Å². The molecule has 0 fully saturated rings. The minimum Gasteiger partial charge on any atom is -0.390 e. The first-order chi connectivity index (χ1) is 7.74. The lowest BCUT2D eigenvalue weighted by molar-refractivity contribution is -0.104. The third kappa shape index (κ3) is 10.7. The predicted molar refractivity (Wildman–Crippen MR) is 71.6 cm³/mol. The Bertz CT molecular complexity index is 242. The summed E-state index contributed by atoms with van der Waals surface area (Å²) in [5.41, 5.74) is 5.66. The molecule has 1 rings (SSSR count). The van der Waals surface area contributed by atoms with Gasteiger partial charge < -0.3 is 5.73 Å². The van der Waals surface area contributed by atoms with Crippen LogP contribution in [0, 0.1) is 5.92 Å². The summed E-state index contributed by atoms with van der Waals surface area (Å²) in [6.07, 6.45) is 9.16. The summed E-state index contributed by atoms with van der Waals surface area (Å²) >= 11 is 0. The molecule has 3 heteroatoms. The van der Waals surface area contributed by atoms with Crippen molar-refractivity contribution in [3.63, 3.8) is 0 Å². The summed E-state index contributed by atoms with van der Waals surface area (Å²) in [5.74, 6) is 0.537. The van der Waals surface area contributed by atoms with Crippen LogP contribution in [0.15, 0.2) is 28.8 Å². The lowest BCUT2D eigenvalue weighted by Gasteiger charge is -2.06. The van der Waals surface area contributed by atoms with Gasteiger partial charge in [0.25, 0.3) is 0 Å². The molecule has 16 heavy (non-hydrogen) atoms. The van der Waals surface area contributed by atoms with Gasteiger partial charge in [0.2, 0.25) is 0 Å². The zero-order valence-corrected chi connectivity index (χ0v) is 10.8. The Hall–Kier alpha value is -1.38. The predicted octanol–water partition coefficient (Wildman–Crippen LogP) is 2.73.